The molecular formula is C62H108O6. The molecule has 0 aliphatic rings. The molecule has 0 spiro atoms. The molecule has 0 saturated carbocycles. The number of esters is 3. The summed E-state index contributed by atoms with van der Waals surface area (Å²) in [6.07, 6.45) is 71.7. The largest absolute Gasteiger partial charge is 0.462 e. The first-order chi connectivity index (χ1) is 33.5. The molecule has 6 nitrogen and oxygen atoms in total. The zero-order chi connectivity index (χ0) is 49.3. The number of allylic oxidation sites excluding steroid dienone is 12. The molecule has 0 bridgehead atoms. The molecule has 1 atom stereocenters. The molecule has 0 aromatic rings. The van der Waals surface area contributed by atoms with Crippen molar-refractivity contribution in [2.45, 2.75) is 290 Å². The third-order valence-corrected chi connectivity index (χ3v) is 12.4. The summed E-state index contributed by atoms with van der Waals surface area (Å²) in [5, 5.41) is 0. The maximum absolute atomic E-state index is 12.8. The van der Waals surface area contributed by atoms with Crippen molar-refractivity contribution in [2.24, 2.45) is 0 Å². The van der Waals surface area contributed by atoms with Gasteiger partial charge in [0, 0.05) is 19.3 Å². The lowest BCUT2D eigenvalue weighted by Crippen LogP contribution is -2.30. The van der Waals surface area contributed by atoms with Gasteiger partial charge in [-0.2, -0.15) is 0 Å². The molecule has 0 aliphatic carbocycles. The fourth-order valence-electron chi connectivity index (χ4n) is 7.99. The molecule has 68 heavy (non-hydrogen) atoms. The second-order valence-corrected chi connectivity index (χ2v) is 19.2. The first-order valence-electron chi connectivity index (χ1n) is 28.9. The summed E-state index contributed by atoms with van der Waals surface area (Å²) in [5.74, 6) is -0.910. The minimum absolute atomic E-state index is 0.0872. The van der Waals surface area contributed by atoms with Gasteiger partial charge in [-0.25, -0.2) is 0 Å². The van der Waals surface area contributed by atoms with E-state index < -0.39 is 6.10 Å². The highest BCUT2D eigenvalue weighted by atomic mass is 16.6. The highest BCUT2D eigenvalue weighted by molar-refractivity contribution is 5.71. The van der Waals surface area contributed by atoms with Crippen LogP contribution in [0.3, 0.4) is 0 Å². The van der Waals surface area contributed by atoms with Gasteiger partial charge in [-0.15, -0.1) is 0 Å². The van der Waals surface area contributed by atoms with Crippen molar-refractivity contribution in [3.05, 3.63) is 72.9 Å². The van der Waals surface area contributed by atoms with Gasteiger partial charge in [-0.3, -0.25) is 14.4 Å². The van der Waals surface area contributed by atoms with Gasteiger partial charge in [0.15, 0.2) is 6.10 Å². The van der Waals surface area contributed by atoms with E-state index in [1.807, 2.05) is 0 Å². The number of carbonyl (C=O) groups is 3. The zero-order valence-corrected chi connectivity index (χ0v) is 44.9. The van der Waals surface area contributed by atoms with Crippen molar-refractivity contribution in [3.63, 3.8) is 0 Å². The van der Waals surface area contributed by atoms with Gasteiger partial charge in [0.1, 0.15) is 13.2 Å². The van der Waals surface area contributed by atoms with Crippen LogP contribution in [0.2, 0.25) is 0 Å². The Hall–Kier alpha value is -3.15. The average Bonchev–Trinajstić information content (AvgIpc) is 3.34. The molecule has 0 fully saturated rings. The monoisotopic (exact) mass is 949 g/mol. The molecule has 0 rings (SSSR count). The lowest BCUT2D eigenvalue weighted by Gasteiger charge is -2.18. The van der Waals surface area contributed by atoms with Crippen LogP contribution in [0, 0.1) is 0 Å². The predicted molar refractivity (Wildman–Crippen MR) is 293 cm³/mol. The highest BCUT2D eigenvalue weighted by Crippen LogP contribution is 2.14. The van der Waals surface area contributed by atoms with Crippen LogP contribution >= 0.6 is 0 Å². The van der Waals surface area contributed by atoms with Crippen molar-refractivity contribution in [2.75, 3.05) is 13.2 Å². The van der Waals surface area contributed by atoms with Gasteiger partial charge < -0.3 is 14.2 Å². The molecule has 6 heteroatoms. The van der Waals surface area contributed by atoms with E-state index in [2.05, 4.69) is 93.7 Å². The Morgan fingerprint density at radius 1 is 0.294 bits per heavy atom. The summed E-state index contributed by atoms with van der Waals surface area (Å²) in [6, 6.07) is 0. The van der Waals surface area contributed by atoms with Crippen molar-refractivity contribution >= 4 is 17.9 Å². The van der Waals surface area contributed by atoms with Crippen LogP contribution in [0.5, 0.6) is 0 Å². The van der Waals surface area contributed by atoms with Crippen LogP contribution in [0.15, 0.2) is 72.9 Å². The summed E-state index contributed by atoms with van der Waals surface area (Å²) in [7, 11) is 0. The zero-order valence-electron chi connectivity index (χ0n) is 44.9. The molecule has 0 aliphatic heterocycles. The SMILES string of the molecule is CCCC/C=C\CCCCCCCC(=O)OCC(COC(=O)CCCCCCCC/C=C\C/C=C\C/C=C\CCCCCCC)OC(=O)CCCCCCCCC/C=C\C/C=C\CCCCCC. The summed E-state index contributed by atoms with van der Waals surface area (Å²) in [4.78, 5) is 38.1. The maximum Gasteiger partial charge on any atom is 0.306 e. The number of carbonyl (C=O) groups excluding carboxylic acids is 3. The van der Waals surface area contributed by atoms with Crippen LogP contribution in [-0.4, -0.2) is 37.2 Å². The highest BCUT2D eigenvalue weighted by Gasteiger charge is 2.19. The Bertz CT molecular complexity index is 1270. The Balaban J connectivity index is 4.37. The maximum atomic E-state index is 12.8. The molecule has 0 aromatic heterocycles. The van der Waals surface area contributed by atoms with Gasteiger partial charge in [-0.05, 0) is 109 Å². The third kappa shape index (κ3) is 53.8. The summed E-state index contributed by atoms with van der Waals surface area (Å²) < 4.78 is 16.8. The van der Waals surface area contributed by atoms with E-state index >= 15 is 0 Å². The Kier molecular flexibility index (Phi) is 53.8. The van der Waals surface area contributed by atoms with E-state index in [-0.39, 0.29) is 31.1 Å². The van der Waals surface area contributed by atoms with Crippen LogP contribution in [0.1, 0.15) is 284 Å². The summed E-state index contributed by atoms with van der Waals surface area (Å²) in [6.45, 7) is 6.56. The first kappa shape index (κ1) is 64.8. The van der Waals surface area contributed by atoms with Gasteiger partial charge in [0.05, 0.1) is 0 Å². The first-order valence-corrected chi connectivity index (χ1v) is 28.9. The van der Waals surface area contributed by atoms with Gasteiger partial charge in [0.2, 0.25) is 0 Å². The van der Waals surface area contributed by atoms with Crippen molar-refractivity contribution < 1.29 is 28.6 Å². The number of unbranched alkanes of at least 4 members (excludes halogenated alkanes) is 29. The van der Waals surface area contributed by atoms with E-state index in [1.54, 1.807) is 0 Å². The smallest absolute Gasteiger partial charge is 0.306 e. The predicted octanol–water partition coefficient (Wildman–Crippen LogP) is 19.4. The third-order valence-electron chi connectivity index (χ3n) is 12.4. The van der Waals surface area contributed by atoms with Gasteiger partial charge in [-0.1, -0.05) is 229 Å². The van der Waals surface area contributed by atoms with Crippen LogP contribution in [0.25, 0.3) is 0 Å². The fraction of sp³-hybridized carbons (Fsp3) is 0.758. The van der Waals surface area contributed by atoms with Crippen LogP contribution < -0.4 is 0 Å². The molecule has 0 saturated heterocycles. The molecule has 392 valence electrons. The molecular weight excluding hydrogens is 841 g/mol. The summed E-state index contributed by atoms with van der Waals surface area (Å²) in [5.41, 5.74) is 0. The molecule has 0 radical (unpaired) electrons. The topological polar surface area (TPSA) is 78.9 Å². The van der Waals surface area contributed by atoms with Crippen molar-refractivity contribution in [1.29, 1.82) is 0 Å². The summed E-state index contributed by atoms with van der Waals surface area (Å²) >= 11 is 0. The number of rotatable bonds is 52. The number of hydrogen-bond donors (Lipinski definition) is 0. The molecule has 0 amide bonds. The fourth-order valence-corrected chi connectivity index (χ4v) is 7.99. The van der Waals surface area contributed by atoms with E-state index in [0.717, 1.165) is 96.3 Å². The minimum Gasteiger partial charge on any atom is -0.462 e. The van der Waals surface area contributed by atoms with Crippen LogP contribution in [-0.2, 0) is 28.6 Å². The van der Waals surface area contributed by atoms with E-state index in [0.29, 0.717) is 19.3 Å². The Morgan fingerprint density at radius 2 is 0.544 bits per heavy atom. The van der Waals surface area contributed by atoms with Crippen molar-refractivity contribution in [3.8, 4) is 0 Å². The molecule has 0 aromatic carbocycles. The second-order valence-electron chi connectivity index (χ2n) is 19.2. The minimum atomic E-state index is -0.789. The van der Waals surface area contributed by atoms with Gasteiger partial charge in [0.25, 0.3) is 0 Å². The number of hydrogen-bond acceptors (Lipinski definition) is 6. The lowest BCUT2D eigenvalue weighted by molar-refractivity contribution is -0.167. The van der Waals surface area contributed by atoms with Gasteiger partial charge >= 0.3 is 17.9 Å². The van der Waals surface area contributed by atoms with E-state index in [1.165, 1.54) is 148 Å². The lowest BCUT2D eigenvalue weighted by atomic mass is 10.1. The number of ether oxygens (including phenoxy) is 3. The standard InChI is InChI=1S/C62H108O6/c1-4-7-10-13-16-19-22-24-26-28-30-31-32-34-35-37-40-43-46-49-52-55-61(64)67-58-59(57-66-60(63)54-51-48-45-42-39-21-18-15-12-9-6-3)68-62(65)56-53-50-47-44-41-38-36-33-29-27-25-23-20-17-14-11-8-5-2/h15,18,20,22-24,27-30,32,34,59H,4-14,16-17,19,21,25-26,31,33,35-58H2,1-3H3/b18-15-,23-20-,24-22-,29-27-,30-28-,34-32-. The molecule has 1 unspecified atom stereocenters. The molecule has 0 heterocycles. The quantitative estimate of drug-likeness (QED) is 0.0262. The van der Waals surface area contributed by atoms with E-state index in [4.69, 9.17) is 14.2 Å². The molecule has 0 N–H and O–H groups in total. The Labute approximate surface area is 421 Å². The normalized spacial score (nSPS) is 12.6. The van der Waals surface area contributed by atoms with E-state index in [9.17, 15) is 14.4 Å². The second kappa shape index (κ2) is 56.4. The Morgan fingerprint density at radius 3 is 0.897 bits per heavy atom. The van der Waals surface area contributed by atoms with Crippen LogP contribution in [0.4, 0.5) is 0 Å². The average molecular weight is 950 g/mol. The van der Waals surface area contributed by atoms with Crippen molar-refractivity contribution in [1.82, 2.24) is 0 Å².